The first-order valence-corrected chi connectivity index (χ1v) is 6.70. The summed E-state index contributed by atoms with van der Waals surface area (Å²) in [6.45, 7) is 2.61. The van der Waals surface area contributed by atoms with Crippen LogP contribution in [0.3, 0.4) is 0 Å². The molecule has 1 heterocycles. The Labute approximate surface area is 104 Å². The number of aryl methyl sites for hydroxylation is 1. The van der Waals surface area contributed by atoms with Gasteiger partial charge in [0.2, 0.25) is 0 Å². The van der Waals surface area contributed by atoms with Crippen LogP contribution in [0.15, 0.2) is 16.5 Å². The van der Waals surface area contributed by atoms with Crippen LogP contribution >= 0.6 is 0 Å². The molecule has 0 spiro atoms. The Morgan fingerprint density at radius 3 is 2.59 bits per heavy atom. The smallest absolute Gasteiger partial charge is 0.122 e. The zero-order valence-electron chi connectivity index (χ0n) is 11.0. The molecule has 1 fully saturated rings. The number of rotatable bonds is 4. The van der Waals surface area contributed by atoms with E-state index in [0.717, 1.165) is 11.5 Å². The summed E-state index contributed by atoms with van der Waals surface area (Å²) in [7, 11) is 2.19. The Morgan fingerprint density at radius 2 is 2.06 bits per heavy atom. The molecular weight excluding hydrogens is 212 g/mol. The van der Waals surface area contributed by atoms with Gasteiger partial charge < -0.3 is 10.2 Å². The molecule has 1 unspecified atom stereocenters. The van der Waals surface area contributed by atoms with Crippen LogP contribution in [-0.2, 0) is 0 Å². The average molecular weight is 236 g/mol. The third-order valence-electron chi connectivity index (χ3n) is 3.96. The number of hydrogen-bond donors (Lipinski definition) is 1. The number of hydrogen-bond acceptors (Lipinski definition) is 3. The van der Waals surface area contributed by atoms with Gasteiger partial charge in [-0.15, -0.1) is 0 Å². The summed E-state index contributed by atoms with van der Waals surface area (Å²) >= 11 is 0. The van der Waals surface area contributed by atoms with Gasteiger partial charge in [0.15, 0.2) is 0 Å². The van der Waals surface area contributed by atoms with Crippen LogP contribution in [0.1, 0.15) is 49.7 Å². The van der Waals surface area contributed by atoms with Gasteiger partial charge in [-0.1, -0.05) is 19.3 Å². The zero-order valence-corrected chi connectivity index (χ0v) is 11.0. The van der Waals surface area contributed by atoms with Crippen molar-refractivity contribution in [3.8, 4) is 0 Å². The van der Waals surface area contributed by atoms with Gasteiger partial charge in [0.25, 0.3) is 0 Å². The maximum absolute atomic E-state index is 5.92. The van der Waals surface area contributed by atoms with E-state index in [1.165, 1.54) is 32.1 Å². The first-order chi connectivity index (χ1) is 8.22. The number of likely N-dealkylation sites (N-methyl/N-ethyl adjacent to an activating group) is 1. The van der Waals surface area contributed by atoms with E-state index in [-0.39, 0.29) is 6.04 Å². The second-order valence-electron chi connectivity index (χ2n) is 5.16. The highest BCUT2D eigenvalue weighted by Gasteiger charge is 2.26. The summed E-state index contributed by atoms with van der Waals surface area (Å²) in [5.74, 6) is 1.98. The third-order valence-corrected chi connectivity index (χ3v) is 3.96. The van der Waals surface area contributed by atoms with E-state index in [4.69, 9.17) is 10.2 Å². The van der Waals surface area contributed by atoms with Gasteiger partial charge in [0, 0.05) is 12.6 Å². The van der Waals surface area contributed by atoms with E-state index in [1.807, 2.05) is 13.0 Å². The van der Waals surface area contributed by atoms with E-state index in [1.54, 1.807) is 0 Å². The molecule has 96 valence electrons. The van der Waals surface area contributed by atoms with Crippen LogP contribution in [0, 0.1) is 6.92 Å². The van der Waals surface area contributed by atoms with Crippen molar-refractivity contribution in [1.29, 1.82) is 0 Å². The third kappa shape index (κ3) is 2.90. The highest BCUT2D eigenvalue weighted by atomic mass is 16.3. The maximum Gasteiger partial charge on any atom is 0.122 e. The topological polar surface area (TPSA) is 42.4 Å². The van der Waals surface area contributed by atoms with E-state index in [2.05, 4.69) is 18.0 Å². The van der Waals surface area contributed by atoms with Crippen molar-refractivity contribution < 1.29 is 4.42 Å². The molecule has 3 heteroatoms. The van der Waals surface area contributed by atoms with Crippen LogP contribution in [-0.4, -0.2) is 24.5 Å². The lowest BCUT2D eigenvalue weighted by Crippen LogP contribution is -2.39. The van der Waals surface area contributed by atoms with Gasteiger partial charge in [0.1, 0.15) is 11.5 Å². The second-order valence-corrected chi connectivity index (χ2v) is 5.16. The molecule has 1 aromatic heterocycles. The van der Waals surface area contributed by atoms with Crippen LogP contribution in [0.4, 0.5) is 0 Å². The van der Waals surface area contributed by atoms with Crippen molar-refractivity contribution >= 4 is 0 Å². The molecule has 17 heavy (non-hydrogen) atoms. The first kappa shape index (κ1) is 12.7. The molecule has 0 bridgehead atoms. The quantitative estimate of drug-likeness (QED) is 0.874. The van der Waals surface area contributed by atoms with Gasteiger partial charge in [-0.3, -0.25) is 4.90 Å². The van der Waals surface area contributed by atoms with Crippen LogP contribution in [0.25, 0.3) is 0 Å². The Bertz CT molecular complexity index is 342. The van der Waals surface area contributed by atoms with Crippen molar-refractivity contribution in [2.45, 2.75) is 51.1 Å². The largest absolute Gasteiger partial charge is 0.465 e. The molecule has 0 aromatic carbocycles. The molecule has 1 aliphatic carbocycles. The molecule has 0 saturated heterocycles. The van der Waals surface area contributed by atoms with Crippen molar-refractivity contribution in [2.24, 2.45) is 5.73 Å². The monoisotopic (exact) mass is 236 g/mol. The SMILES string of the molecule is Cc1ccc(C(CN)N(C)C2CCCCC2)o1. The van der Waals surface area contributed by atoms with E-state index < -0.39 is 0 Å². The van der Waals surface area contributed by atoms with Gasteiger partial charge in [0.05, 0.1) is 6.04 Å². The lowest BCUT2D eigenvalue weighted by atomic mass is 9.93. The molecule has 2 N–H and O–H groups in total. The summed E-state index contributed by atoms with van der Waals surface area (Å²) < 4.78 is 5.73. The molecule has 2 rings (SSSR count). The summed E-state index contributed by atoms with van der Waals surface area (Å²) in [6, 6.07) is 4.98. The van der Waals surface area contributed by atoms with E-state index >= 15 is 0 Å². The number of furan rings is 1. The van der Waals surface area contributed by atoms with Crippen LogP contribution in [0.2, 0.25) is 0 Å². The first-order valence-electron chi connectivity index (χ1n) is 6.70. The average Bonchev–Trinajstić information content (AvgIpc) is 2.78. The number of nitrogens with two attached hydrogens (primary N) is 1. The Hall–Kier alpha value is -0.800. The summed E-state index contributed by atoms with van der Waals surface area (Å²) in [5, 5.41) is 0. The fourth-order valence-corrected chi connectivity index (χ4v) is 2.86. The molecular formula is C14H24N2O. The highest BCUT2D eigenvalue weighted by Crippen LogP contribution is 2.29. The van der Waals surface area contributed by atoms with Gasteiger partial charge in [-0.25, -0.2) is 0 Å². The Balaban J connectivity index is 2.06. The minimum Gasteiger partial charge on any atom is -0.465 e. The normalized spacial score (nSPS) is 19.8. The molecule has 3 nitrogen and oxygen atoms in total. The Morgan fingerprint density at radius 1 is 1.35 bits per heavy atom. The van der Waals surface area contributed by atoms with Crippen LogP contribution in [0.5, 0.6) is 0 Å². The predicted molar refractivity (Wildman–Crippen MR) is 69.9 cm³/mol. The van der Waals surface area contributed by atoms with Gasteiger partial charge >= 0.3 is 0 Å². The molecule has 1 atom stereocenters. The minimum atomic E-state index is 0.229. The second kappa shape index (κ2) is 5.69. The molecule has 1 aromatic rings. The fraction of sp³-hybridized carbons (Fsp3) is 0.714. The highest BCUT2D eigenvalue weighted by molar-refractivity contribution is 5.10. The van der Waals surface area contributed by atoms with Gasteiger partial charge in [-0.2, -0.15) is 0 Å². The lowest BCUT2D eigenvalue weighted by molar-refractivity contribution is 0.126. The lowest BCUT2D eigenvalue weighted by Gasteiger charge is -2.35. The maximum atomic E-state index is 5.92. The Kier molecular flexibility index (Phi) is 4.24. The van der Waals surface area contributed by atoms with Crippen LogP contribution < -0.4 is 5.73 Å². The number of nitrogens with zero attached hydrogens (tertiary/aromatic N) is 1. The molecule has 0 aliphatic heterocycles. The standard InChI is InChI=1S/C14H24N2O/c1-11-8-9-14(17-11)13(10-15)16(2)12-6-4-3-5-7-12/h8-9,12-13H,3-7,10,15H2,1-2H3. The van der Waals surface area contributed by atoms with Crippen molar-refractivity contribution in [2.75, 3.05) is 13.6 Å². The molecule has 0 radical (unpaired) electrons. The predicted octanol–water partition coefficient (Wildman–Crippen LogP) is 2.85. The minimum absolute atomic E-state index is 0.229. The van der Waals surface area contributed by atoms with Crippen molar-refractivity contribution in [3.05, 3.63) is 23.7 Å². The fourth-order valence-electron chi connectivity index (χ4n) is 2.86. The summed E-state index contributed by atoms with van der Waals surface area (Å²) in [6.07, 6.45) is 6.68. The summed E-state index contributed by atoms with van der Waals surface area (Å²) in [4.78, 5) is 2.41. The summed E-state index contributed by atoms with van der Waals surface area (Å²) in [5.41, 5.74) is 5.92. The van der Waals surface area contributed by atoms with E-state index in [9.17, 15) is 0 Å². The zero-order chi connectivity index (χ0) is 12.3. The van der Waals surface area contributed by atoms with E-state index in [0.29, 0.717) is 12.6 Å². The molecule has 1 saturated carbocycles. The van der Waals surface area contributed by atoms with Crippen molar-refractivity contribution in [1.82, 2.24) is 4.90 Å². The van der Waals surface area contributed by atoms with Crippen molar-refractivity contribution in [3.63, 3.8) is 0 Å². The molecule has 1 aliphatic rings. The van der Waals surface area contributed by atoms with Gasteiger partial charge in [-0.05, 0) is 38.9 Å². The molecule has 0 amide bonds.